The van der Waals surface area contributed by atoms with Gasteiger partial charge in [0, 0.05) is 26.4 Å². The summed E-state index contributed by atoms with van der Waals surface area (Å²) in [5.41, 5.74) is 3.05. The molecule has 5 nitrogen and oxygen atoms in total. The number of aryl methyl sites for hydroxylation is 1. The third-order valence-electron chi connectivity index (χ3n) is 4.97. The monoisotopic (exact) mass is 373 g/mol. The summed E-state index contributed by atoms with van der Waals surface area (Å²) in [5.74, 6) is 1.80. The van der Waals surface area contributed by atoms with Crippen molar-refractivity contribution >= 4 is 27.7 Å². The number of H-pyrrole nitrogens is 1. The Morgan fingerprint density at radius 3 is 2.68 bits per heavy atom. The van der Waals surface area contributed by atoms with E-state index in [1.54, 1.807) is 12.0 Å². The molecule has 0 aliphatic heterocycles. The molecule has 1 heterocycles. The molecule has 1 amide bonds. The number of imidazole rings is 1. The van der Waals surface area contributed by atoms with Gasteiger partial charge in [0.15, 0.2) is 0 Å². The molecule has 4 aromatic rings. The molecular weight excluding hydrogens is 350 g/mol. The number of carbonyl (C=O) groups is 1. The number of fused-ring (bicyclic) bond motifs is 2. The highest BCUT2D eigenvalue weighted by atomic mass is 16.5. The van der Waals surface area contributed by atoms with Crippen molar-refractivity contribution in [2.45, 2.75) is 19.4 Å². The van der Waals surface area contributed by atoms with Gasteiger partial charge in [-0.15, -0.1) is 0 Å². The minimum atomic E-state index is 0.107. The number of hydrogen-bond donors (Lipinski definition) is 1. The highest BCUT2D eigenvalue weighted by Gasteiger charge is 2.12. The molecule has 0 saturated carbocycles. The summed E-state index contributed by atoms with van der Waals surface area (Å²) >= 11 is 0. The molecule has 28 heavy (non-hydrogen) atoms. The predicted molar refractivity (Wildman–Crippen MR) is 111 cm³/mol. The van der Waals surface area contributed by atoms with Crippen LogP contribution in [0.5, 0.6) is 5.75 Å². The maximum Gasteiger partial charge on any atom is 0.223 e. The number of amides is 1. The molecule has 5 heteroatoms. The van der Waals surface area contributed by atoms with E-state index in [9.17, 15) is 4.79 Å². The second-order valence-electron chi connectivity index (χ2n) is 7.00. The lowest BCUT2D eigenvalue weighted by Gasteiger charge is -2.17. The lowest BCUT2D eigenvalue weighted by atomic mass is 10.1. The molecule has 0 atom stereocenters. The first kappa shape index (κ1) is 18.0. The van der Waals surface area contributed by atoms with Gasteiger partial charge in [-0.2, -0.15) is 0 Å². The number of ether oxygens (including phenoxy) is 1. The second-order valence-corrected chi connectivity index (χ2v) is 7.00. The highest BCUT2D eigenvalue weighted by Crippen LogP contribution is 2.22. The molecule has 0 spiro atoms. The van der Waals surface area contributed by atoms with Gasteiger partial charge >= 0.3 is 0 Å². The van der Waals surface area contributed by atoms with Crippen molar-refractivity contribution < 1.29 is 9.53 Å². The van der Waals surface area contributed by atoms with Crippen molar-refractivity contribution in [3.8, 4) is 5.75 Å². The average molecular weight is 373 g/mol. The SMILES string of the molecule is COc1ccc2cc(CN(C)C(=O)CCc3nc4ccccc4[nH]3)ccc2c1. The van der Waals surface area contributed by atoms with Crippen LogP contribution < -0.4 is 4.74 Å². The number of hydrogen-bond acceptors (Lipinski definition) is 3. The highest BCUT2D eigenvalue weighted by molar-refractivity contribution is 5.84. The molecule has 0 bridgehead atoms. The molecule has 1 aromatic heterocycles. The quantitative estimate of drug-likeness (QED) is 0.548. The molecule has 142 valence electrons. The molecule has 1 N–H and O–H groups in total. The Hall–Kier alpha value is -3.34. The van der Waals surface area contributed by atoms with E-state index in [0.717, 1.165) is 38.9 Å². The number of methoxy groups -OCH3 is 1. The van der Waals surface area contributed by atoms with Crippen LogP contribution in [0.2, 0.25) is 0 Å². The fourth-order valence-corrected chi connectivity index (χ4v) is 3.40. The summed E-state index contributed by atoms with van der Waals surface area (Å²) in [5, 5.41) is 2.27. The van der Waals surface area contributed by atoms with Crippen LogP contribution in [0.25, 0.3) is 21.8 Å². The Morgan fingerprint density at radius 2 is 1.86 bits per heavy atom. The van der Waals surface area contributed by atoms with E-state index in [2.05, 4.69) is 28.2 Å². The van der Waals surface area contributed by atoms with Crippen LogP contribution in [0.4, 0.5) is 0 Å². The van der Waals surface area contributed by atoms with Crippen LogP contribution in [0.1, 0.15) is 17.8 Å². The summed E-state index contributed by atoms with van der Waals surface area (Å²) in [6, 6.07) is 20.2. The standard InChI is InChI=1S/C23H23N3O2/c1-26(15-16-7-8-18-14-19(28-2)10-9-17(18)13-16)23(27)12-11-22-24-20-5-3-4-6-21(20)25-22/h3-10,13-14H,11-12,15H2,1-2H3,(H,24,25). The Kier molecular flexibility index (Phi) is 4.98. The normalized spacial score (nSPS) is 11.1. The number of rotatable bonds is 6. The van der Waals surface area contributed by atoms with E-state index in [4.69, 9.17) is 4.74 Å². The van der Waals surface area contributed by atoms with Gasteiger partial charge in [0.2, 0.25) is 5.91 Å². The van der Waals surface area contributed by atoms with Gasteiger partial charge in [-0.3, -0.25) is 4.79 Å². The molecule has 3 aromatic carbocycles. The first-order valence-corrected chi connectivity index (χ1v) is 9.36. The summed E-state index contributed by atoms with van der Waals surface area (Å²) < 4.78 is 5.27. The van der Waals surface area contributed by atoms with Crippen LogP contribution in [-0.2, 0) is 17.8 Å². The van der Waals surface area contributed by atoms with Gasteiger partial charge in [0.05, 0.1) is 18.1 Å². The van der Waals surface area contributed by atoms with Crippen LogP contribution >= 0.6 is 0 Å². The number of aromatic nitrogens is 2. The molecule has 0 aliphatic carbocycles. The van der Waals surface area contributed by atoms with Gasteiger partial charge in [0.25, 0.3) is 0 Å². The van der Waals surface area contributed by atoms with Gasteiger partial charge in [-0.25, -0.2) is 4.98 Å². The number of benzene rings is 3. The van der Waals surface area contributed by atoms with E-state index in [1.165, 1.54) is 0 Å². The third-order valence-corrected chi connectivity index (χ3v) is 4.97. The van der Waals surface area contributed by atoms with Crippen molar-refractivity contribution in [3.63, 3.8) is 0 Å². The molecule has 0 saturated heterocycles. The van der Waals surface area contributed by atoms with Crippen molar-refractivity contribution in [2.75, 3.05) is 14.2 Å². The topological polar surface area (TPSA) is 58.2 Å². The number of para-hydroxylation sites is 2. The zero-order chi connectivity index (χ0) is 19.5. The molecule has 0 fully saturated rings. The van der Waals surface area contributed by atoms with Gasteiger partial charge in [0.1, 0.15) is 11.6 Å². The zero-order valence-corrected chi connectivity index (χ0v) is 16.1. The van der Waals surface area contributed by atoms with Crippen LogP contribution in [0.3, 0.4) is 0 Å². The lowest BCUT2D eigenvalue weighted by molar-refractivity contribution is -0.130. The summed E-state index contributed by atoms with van der Waals surface area (Å²) in [6.07, 6.45) is 1.04. The van der Waals surface area contributed by atoms with Crippen molar-refractivity contribution in [1.29, 1.82) is 0 Å². The van der Waals surface area contributed by atoms with Crippen LogP contribution in [0, 0.1) is 0 Å². The smallest absolute Gasteiger partial charge is 0.223 e. The third kappa shape index (κ3) is 3.83. The summed E-state index contributed by atoms with van der Waals surface area (Å²) in [6.45, 7) is 0.584. The maximum atomic E-state index is 12.6. The van der Waals surface area contributed by atoms with Crippen molar-refractivity contribution in [1.82, 2.24) is 14.9 Å². The van der Waals surface area contributed by atoms with Gasteiger partial charge in [-0.05, 0) is 46.7 Å². The number of nitrogens with zero attached hydrogens (tertiary/aromatic N) is 2. The Morgan fingerprint density at radius 1 is 1.07 bits per heavy atom. The minimum absolute atomic E-state index is 0.107. The fourth-order valence-electron chi connectivity index (χ4n) is 3.40. The van der Waals surface area contributed by atoms with Crippen LogP contribution in [-0.4, -0.2) is 34.9 Å². The van der Waals surface area contributed by atoms with E-state index in [-0.39, 0.29) is 5.91 Å². The van der Waals surface area contributed by atoms with E-state index >= 15 is 0 Å². The lowest BCUT2D eigenvalue weighted by Crippen LogP contribution is -2.26. The molecular formula is C23H23N3O2. The summed E-state index contributed by atoms with van der Waals surface area (Å²) in [7, 11) is 3.51. The average Bonchev–Trinajstić information content (AvgIpc) is 3.14. The largest absolute Gasteiger partial charge is 0.497 e. The number of nitrogens with one attached hydrogen (secondary N) is 1. The Labute approximate surface area is 164 Å². The van der Waals surface area contributed by atoms with Crippen molar-refractivity contribution in [3.05, 3.63) is 72.1 Å². The minimum Gasteiger partial charge on any atom is -0.497 e. The molecule has 0 unspecified atom stereocenters. The molecule has 4 rings (SSSR count). The molecule has 0 aliphatic rings. The predicted octanol–water partition coefficient (Wildman–Crippen LogP) is 4.32. The summed E-state index contributed by atoms with van der Waals surface area (Å²) in [4.78, 5) is 22.1. The molecule has 0 radical (unpaired) electrons. The fraction of sp³-hybridized carbons (Fsp3) is 0.217. The van der Waals surface area contributed by atoms with E-state index in [1.807, 2.05) is 49.5 Å². The van der Waals surface area contributed by atoms with Crippen molar-refractivity contribution in [2.24, 2.45) is 0 Å². The number of carbonyl (C=O) groups excluding carboxylic acids is 1. The zero-order valence-electron chi connectivity index (χ0n) is 16.1. The second kappa shape index (κ2) is 7.72. The van der Waals surface area contributed by atoms with Gasteiger partial charge < -0.3 is 14.6 Å². The van der Waals surface area contributed by atoms with E-state index < -0.39 is 0 Å². The first-order chi connectivity index (χ1) is 13.6. The first-order valence-electron chi connectivity index (χ1n) is 9.36. The van der Waals surface area contributed by atoms with Crippen LogP contribution in [0.15, 0.2) is 60.7 Å². The Balaban J connectivity index is 1.39. The van der Waals surface area contributed by atoms with Gasteiger partial charge in [-0.1, -0.05) is 30.3 Å². The Bertz CT molecular complexity index is 1100. The maximum absolute atomic E-state index is 12.6. The van der Waals surface area contributed by atoms with E-state index in [0.29, 0.717) is 19.4 Å². The number of aromatic amines is 1.